The molecular formula is C27H21ClO7. The van der Waals surface area contributed by atoms with Gasteiger partial charge in [-0.2, -0.15) is 0 Å². The molecule has 1 aromatic heterocycles. The second kappa shape index (κ2) is 10.4. The highest BCUT2D eigenvalue weighted by molar-refractivity contribution is 6.30. The SMILES string of the molecule is CCOC(=O)c1ccc(Oc2c(C)oc3cc(OC(=O)Cc4ccc(Cl)cc4)ccc3c2=O)cc1. The van der Waals surface area contributed by atoms with Gasteiger partial charge in [-0.15, -0.1) is 0 Å². The van der Waals surface area contributed by atoms with E-state index in [-0.39, 0.29) is 46.7 Å². The lowest BCUT2D eigenvalue weighted by molar-refractivity contribution is -0.133. The Kier molecular flexibility index (Phi) is 7.17. The van der Waals surface area contributed by atoms with Crippen LogP contribution in [-0.4, -0.2) is 18.5 Å². The van der Waals surface area contributed by atoms with Crippen LogP contribution in [0.5, 0.6) is 17.2 Å². The second-order valence-corrected chi connectivity index (χ2v) is 8.04. The van der Waals surface area contributed by atoms with Crippen LogP contribution in [0.15, 0.2) is 75.9 Å². The van der Waals surface area contributed by atoms with Gasteiger partial charge in [0.25, 0.3) is 0 Å². The zero-order valence-electron chi connectivity index (χ0n) is 19.0. The topological polar surface area (TPSA) is 92.0 Å². The lowest BCUT2D eigenvalue weighted by Gasteiger charge is -2.10. The summed E-state index contributed by atoms with van der Waals surface area (Å²) in [6, 6.07) is 17.7. The van der Waals surface area contributed by atoms with E-state index in [1.165, 1.54) is 18.2 Å². The smallest absolute Gasteiger partial charge is 0.338 e. The maximum atomic E-state index is 13.0. The van der Waals surface area contributed by atoms with Crippen LogP contribution in [-0.2, 0) is 16.0 Å². The molecule has 0 aliphatic heterocycles. The summed E-state index contributed by atoms with van der Waals surface area (Å²) in [6.45, 7) is 3.60. The number of hydrogen-bond acceptors (Lipinski definition) is 7. The molecule has 35 heavy (non-hydrogen) atoms. The highest BCUT2D eigenvalue weighted by atomic mass is 35.5. The molecule has 4 aromatic rings. The van der Waals surface area contributed by atoms with Crippen LogP contribution in [0, 0.1) is 6.92 Å². The van der Waals surface area contributed by atoms with Crippen LogP contribution in [0.25, 0.3) is 11.0 Å². The van der Waals surface area contributed by atoms with Gasteiger partial charge in [0.05, 0.1) is 24.0 Å². The zero-order chi connectivity index (χ0) is 24.9. The van der Waals surface area contributed by atoms with Crippen molar-refractivity contribution in [3.8, 4) is 17.2 Å². The monoisotopic (exact) mass is 492 g/mol. The van der Waals surface area contributed by atoms with E-state index in [9.17, 15) is 14.4 Å². The molecule has 4 rings (SSSR count). The van der Waals surface area contributed by atoms with E-state index in [0.717, 1.165) is 5.56 Å². The van der Waals surface area contributed by atoms with Gasteiger partial charge in [-0.05, 0) is 67.9 Å². The van der Waals surface area contributed by atoms with Gasteiger partial charge in [0.1, 0.15) is 22.8 Å². The van der Waals surface area contributed by atoms with Gasteiger partial charge in [0, 0.05) is 11.1 Å². The first kappa shape index (κ1) is 24.0. The van der Waals surface area contributed by atoms with Crippen LogP contribution in [0.1, 0.15) is 28.6 Å². The molecular weight excluding hydrogens is 472 g/mol. The Morgan fingerprint density at radius 1 is 0.943 bits per heavy atom. The lowest BCUT2D eigenvalue weighted by atomic mass is 10.1. The van der Waals surface area contributed by atoms with E-state index < -0.39 is 11.9 Å². The molecule has 1 heterocycles. The highest BCUT2D eigenvalue weighted by Gasteiger charge is 2.16. The Labute approximate surface area is 205 Å². The Bertz CT molecular complexity index is 1440. The Morgan fingerprint density at radius 2 is 1.63 bits per heavy atom. The third kappa shape index (κ3) is 5.70. The van der Waals surface area contributed by atoms with Crippen molar-refractivity contribution < 1.29 is 28.2 Å². The number of halogens is 1. The molecule has 178 valence electrons. The Balaban J connectivity index is 1.52. The Morgan fingerprint density at radius 3 is 2.31 bits per heavy atom. The molecule has 0 unspecified atom stereocenters. The van der Waals surface area contributed by atoms with Gasteiger partial charge in [0.15, 0.2) is 0 Å². The van der Waals surface area contributed by atoms with Crippen molar-refractivity contribution in [2.45, 2.75) is 20.3 Å². The summed E-state index contributed by atoms with van der Waals surface area (Å²) in [6.07, 6.45) is 0.0694. The van der Waals surface area contributed by atoms with Crippen molar-refractivity contribution >= 4 is 34.5 Å². The summed E-state index contributed by atoms with van der Waals surface area (Å²) in [5.41, 5.74) is 1.02. The standard InChI is InChI=1S/C27H21ClO7/c1-3-32-27(31)18-6-10-20(11-7-18)35-26-16(2)33-23-15-21(12-13-22(23)25(26)30)34-24(29)14-17-4-8-19(28)9-5-17/h4-13,15H,3,14H2,1-2H3. The number of aryl methyl sites for hydroxylation is 1. The van der Waals surface area contributed by atoms with Crippen molar-refractivity contribution in [3.05, 3.63) is 98.9 Å². The minimum atomic E-state index is -0.461. The van der Waals surface area contributed by atoms with Gasteiger partial charge in [-0.1, -0.05) is 23.7 Å². The van der Waals surface area contributed by atoms with Crippen LogP contribution < -0.4 is 14.9 Å². The molecule has 0 spiro atoms. The Hall–Kier alpha value is -4.10. The number of benzene rings is 3. The number of carbonyl (C=O) groups is 2. The van der Waals surface area contributed by atoms with Crippen molar-refractivity contribution in [3.63, 3.8) is 0 Å². The van der Waals surface area contributed by atoms with Crippen LogP contribution in [0.4, 0.5) is 0 Å². The normalized spacial score (nSPS) is 10.7. The zero-order valence-corrected chi connectivity index (χ0v) is 19.8. The van der Waals surface area contributed by atoms with Crippen LogP contribution in [0.3, 0.4) is 0 Å². The molecule has 0 bridgehead atoms. The molecule has 0 atom stereocenters. The average molecular weight is 493 g/mol. The molecule has 3 aromatic carbocycles. The summed E-state index contributed by atoms with van der Waals surface area (Å²) < 4.78 is 21.9. The number of fused-ring (bicyclic) bond motifs is 1. The molecule has 8 heteroatoms. The number of esters is 2. The summed E-state index contributed by atoms with van der Waals surface area (Å²) in [7, 11) is 0. The number of carbonyl (C=O) groups excluding carboxylic acids is 2. The third-order valence-electron chi connectivity index (χ3n) is 5.07. The summed E-state index contributed by atoms with van der Waals surface area (Å²) in [4.78, 5) is 37.1. The fourth-order valence-corrected chi connectivity index (χ4v) is 3.50. The largest absolute Gasteiger partial charge is 0.462 e. The van der Waals surface area contributed by atoms with Crippen molar-refractivity contribution in [2.24, 2.45) is 0 Å². The molecule has 0 aliphatic rings. The molecule has 0 radical (unpaired) electrons. The fraction of sp³-hybridized carbons (Fsp3) is 0.148. The number of hydrogen-bond donors (Lipinski definition) is 0. The number of rotatable bonds is 7. The minimum absolute atomic E-state index is 0.0221. The molecule has 0 amide bonds. The van der Waals surface area contributed by atoms with Gasteiger partial charge < -0.3 is 18.6 Å². The maximum absolute atomic E-state index is 13.0. The van der Waals surface area contributed by atoms with Crippen LogP contribution in [0.2, 0.25) is 5.02 Å². The molecule has 0 saturated carbocycles. The first-order chi connectivity index (χ1) is 16.8. The minimum Gasteiger partial charge on any atom is -0.462 e. The summed E-state index contributed by atoms with van der Waals surface area (Å²) >= 11 is 5.87. The molecule has 0 fully saturated rings. The average Bonchev–Trinajstić information content (AvgIpc) is 2.83. The predicted octanol–water partition coefficient (Wildman–Crippen LogP) is 5.87. The summed E-state index contributed by atoms with van der Waals surface area (Å²) in [5, 5.41) is 0.852. The second-order valence-electron chi connectivity index (χ2n) is 7.60. The highest BCUT2D eigenvalue weighted by Crippen LogP contribution is 2.28. The molecule has 0 saturated heterocycles. The quantitative estimate of drug-likeness (QED) is 0.235. The fourth-order valence-electron chi connectivity index (χ4n) is 3.38. The van der Waals surface area contributed by atoms with E-state index in [0.29, 0.717) is 16.3 Å². The van der Waals surface area contributed by atoms with Gasteiger partial charge in [0.2, 0.25) is 11.2 Å². The lowest BCUT2D eigenvalue weighted by Crippen LogP contribution is -2.12. The first-order valence-electron chi connectivity index (χ1n) is 10.8. The van der Waals surface area contributed by atoms with Gasteiger partial charge in [-0.3, -0.25) is 9.59 Å². The van der Waals surface area contributed by atoms with Crippen LogP contribution >= 0.6 is 11.6 Å². The first-order valence-corrected chi connectivity index (χ1v) is 11.2. The third-order valence-corrected chi connectivity index (χ3v) is 5.32. The van der Waals surface area contributed by atoms with Crippen molar-refractivity contribution in [2.75, 3.05) is 6.61 Å². The summed E-state index contributed by atoms with van der Waals surface area (Å²) in [5.74, 6) is -0.0136. The van der Waals surface area contributed by atoms with Crippen molar-refractivity contribution in [1.29, 1.82) is 0 Å². The molecule has 0 N–H and O–H groups in total. The maximum Gasteiger partial charge on any atom is 0.338 e. The molecule has 7 nitrogen and oxygen atoms in total. The van der Waals surface area contributed by atoms with Gasteiger partial charge >= 0.3 is 11.9 Å². The van der Waals surface area contributed by atoms with E-state index in [2.05, 4.69) is 0 Å². The van der Waals surface area contributed by atoms with E-state index in [1.54, 1.807) is 62.4 Å². The van der Waals surface area contributed by atoms with Gasteiger partial charge in [-0.25, -0.2) is 4.79 Å². The van der Waals surface area contributed by atoms with E-state index >= 15 is 0 Å². The van der Waals surface area contributed by atoms with Crippen molar-refractivity contribution in [1.82, 2.24) is 0 Å². The predicted molar refractivity (Wildman–Crippen MR) is 130 cm³/mol. The van der Waals surface area contributed by atoms with E-state index in [4.69, 9.17) is 30.2 Å². The van der Waals surface area contributed by atoms with E-state index in [1.807, 2.05) is 0 Å². The molecule has 0 aliphatic carbocycles. The number of ether oxygens (including phenoxy) is 3.